The number of hydrogen-bond donors (Lipinski definition) is 0. The fraction of sp³-hybridized carbons (Fsp3) is 0.364. The van der Waals surface area contributed by atoms with Crippen LogP contribution >= 0.6 is 0 Å². The average molecular weight is 196 g/mol. The molecule has 0 aliphatic heterocycles. The summed E-state index contributed by atoms with van der Waals surface area (Å²) in [7, 11) is 1.42. The first kappa shape index (κ1) is 10.7. The maximum absolute atomic E-state index is 13.3. The zero-order chi connectivity index (χ0) is 10.7. The van der Waals surface area contributed by atoms with Gasteiger partial charge in [0, 0.05) is 5.92 Å². The summed E-state index contributed by atoms with van der Waals surface area (Å²) in [6, 6.07) is 4.36. The zero-order valence-electron chi connectivity index (χ0n) is 8.50. The van der Waals surface area contributed by atoms with Crippen molar-refractivity contribution in [3.63, 3.8) is 0 Å². The van der Waals surface area contributed by atoms with Gasteiger partial charge in [-0.1, -0.05) is 19.9 Å². The number of ether oxygens (including phenoxy) is 1. The molecule has 0 aliphatic carbocycles. The number of Topliss-reactive ketones (excluding diaryl/α,β-unsaturated/α-hetero) is 1. The number of ketones is 1. The van der Waals surface area contributed by atoms with Crippen LogP contribution in [0.5, 0.6) is 5.75 Å². The van der Waals surface area contributed by atoms with E-state index in [0.29, 0.717) is 5.75 Å². The third-order valence-electron chi connectivity index (χ3n) is 1.97. The van der Waals surface area contributed by atoms with Gasteiger partial charge in [0.05, 0.1) is 12.7 Å². The van der Waals surface area contributed by atoms with E-state index in [4.69, 9.17) is 4.74 Å². The Hall–Kier alpha value is -1.38. The fourth-order valence-corrected chi connectivity index (χ4v) is 1.20. The van der Waals surface area contributed by atoms with Crippen LogP contribution in [-0.2, 0) is 0 Å². The van der Waals surface area contributed by atoms with Gasteiger partial charge in [-0.15, -0.1) is 0 Å². The van der Waals surface area contributed by atoms with E-state index < -0.39 is 5.82 Å². The molecule has 1 rings (SSSR count). The molecule has 0 N–H and O–H groups in total. The Bertz CT molecular complexity index is 345. The highest BCUT2D eigenvalue weighted by Gasteiger charge is 2.19. The molecule has 0 aromatic heterocycles. The second kappa shape index (κ2) is 4.22. The molecule has 14 heavy (non-hydrogen) atoms. The van der Waals surface area contributed by atoms with Crippen LogP contribution in [0.3, 0.4) is 0 Å². The molecule has 0 saturated carbocycles. The minimum Gasteiger partial charge on any atom is -0.496 e. The quantitative estimate of drug-likeness (QED) is 0.695. The Balaban J connectivity index is 3.23. The Labute approximate surface area is 82.7 Å². The summed E-state index contributed by atoms with van der Waals surface area (Å²) in [4.78, 5) is 11.6. The number of benzene rings is 1. The number of hydrogen-bond acceptors (Lipinski definition) is 2. The van der Waals surface area contributed by atoms with Gasteiger partial charge in [-0.05, 0) is 12.1 Å². The molecular formula is C11H13FO2. The van der Waals surface area contributed by atoms with Crippen molar-refractivity contribution in [2.45, 2.75) is 13.8 Å². The Kier molecular flexibility index (Phi) is 3.23. The third kappa shape index (κ3) is 1.92. The molecule has 0 radical (unpaired) electrons. The van der Waals surface area contributed by atoms with E-state index in [1.54, 1.807) is 19.9 Å². The van der Waals surface area contributed by atoms with Crippen molar-refractivity contribution in [3.05, 3.63) is 29.6 Å². The maximum atomic E-state index is 13.3. The second-order valence-electron chi connectivity index (χ2n) is 3.34. The smallest absolute Gasteiger partial charge is 0.172 e. The second-order valence-corrected chi connectivity index (χ2v) is 3.34. The third-order valence-corrected chi connectivity index (χ3v) is 1.97. The molecule has 0 fully saturated rings. The van der Waals surface area contributed by atoms with Gasteiger partial charge < -0.3 is 4.74 Å². The van der Waals surface area contributed by atoms with Crippen LogP contribution in [-0.4, -0.2) is 12.9 Å². The van der Waals surface area contributed by atoms with E-state index in [2.05, 4.69) is 0 Å². The lowest BCUT2D eigenvalue weighted by molar-refractivity contribution is 0.0932. The van der Waals surface area contributed by atoms with Gasteiger partial charge in [-0.2, -0.15) is 0 Å². The van der Waals surface area contributed by atoms with E-state index >= 15 is 0 Å². The van der Waals surface area contributed by atoms with Crippen LogP contribution in [0.2, 0.25) is 0 Å². The van der Waals surface area contributed by atoms with Crippen molar-refractivity contribution < 1.29 is 13.9 Å². The molecule has 1 aromatic rings. The lowest BCUT2D eigenvalue weighted by Crippen LogP contribution is -2.11. The van der Waals surface area contributed by atoms with Crippen LogP contribution in [0.15, 0.2) is 18.2 Å². The predicted molar refractivity (Wildman–Crippen MR) is 52.1 cm³/mol. The summed E-state index contributed by atoms with van der Waals surface area (Å²) in [6.45, 7) is 3.46. The first-order valence-electron chi connectivity index (χ1n) is 4.44. The molecule has 0 atom stereocenters. The Morgan fingerprint density at radius 3 is 2.57 bits per heavy atom. The highest BCUT2D eigenvalue weighted by atomic mass is 19.1. The fourth-order valence-electron chi connectivity index (χ4n) is 1.20. The van der Waals surface area contributed by atoms with E-state index in [1.807, 2.05) is 0 Å². The number of carbonyl (C=O) groups is 1. The predicted octanol–water partition coefficient (Wildman–Crippen LogP) is 2.67. The maximum Gasteiger partial charge on any atom is 0.172 e. The van der Waals surface area contributed by atoms with Gasteiger partial charge in [-0.25, -0.2) is 4.39 Å². The molecule has 0 unspecified atom stereocenters. The van der Waals surface area contributed by atoms with E-state index in [1.165, 1.54) is 19.2 Å². The normalized spacial score (nSPS) is 10.4. The SMILES string of the molecule is COc1cccc(F)c1C(=O)C(C)C. The van der Waals surface area contributed by atoms with Gasteiger partial charge >= 0.3 is 0 Å². The molecule has 1 aromatic carbocycles. The minimum absolute atomic E-state index is 0.0463. The van der Waals surface area contributed by atoms with E-state index in [9.17, 15) is 9.18 Å². The van der Waals surface area contributed by atoms with Crippen molar-refractivity contribution >= 4 is 5.78 Å². The Morgan fingerprint density at radius 2 is 2.07 bits per heavy atom. The molecule has 0 bridgehead atoms. The summed E-state index contributed by atoms with van der Waals surface area (Å²) >= 11 is 0. The summed E-state index contributed by atoms with van der Waals surface area (Å²) in [5, 5.41) is 0. The minimum atomic E-state index is -0.525. The van der Waals surface area contributed by atoms with Crippen molar-refractivity contribution in [1.82, 2.24) is 0 Å². The van der Waals surface area contributed by atoms with E-state index in [0.717, 1.165) is 0 Å². The van der Waals surface area contributed by atoms with Crippen LogP contribution in [0.25, 0.3) is 0 Å². The highest BCUT2D eigenvalue weighted by Crippen LogP contribution is 2.23. The topological polar surface area (TPSA) is 26.3 Å². The first-order valence-corrected chi connectivity index (χ1v) is 4.44. The summed E-state index contributed by atoms with van der Waals surface area (Å²) in [5.41, 5.74) is 0.0463. The molecule has 3 heteroatoms. The zero-order valence-corrected chi connectivity index (χ0v) is 8.50. The number of halogens is 1. The van der Waals surface area contributed by atoms with Crippen LogP contribution in [0.4, 0.5) is 4.39 Å². The van der Waals surface area contributed by atoms with Crippen molar-refractivity contribution in [2.75, 3.05) is 7.11 Å². The largest absolute Gasteiger partial charge is 0.496 e. The molecule has 2 nitrogen and oxygen atoms in total. The molecular weight excluding hydrogens is 183 g/mol. The molecule has 0 saturated heterocycles. The summed E-state index contributed by atoms with van der Waals surface area (Å²) < 4.78 is 18.3. The van der Waals surface area contributed by atoms with Crippen LogP contribution in [0, 0.1) is 11.7 Å². The van der Waals surface area contributed by atoms with E-state index in [-0.39, 0.29) is 17.3 Å². The lowest BCUT2D eigenvalue weighted by Gasteiger charge is -2.10. The van der Waals surface area contributed by atoms with Crippen molar-refractivity contribution in [1.29, 1.82) is 0 Å². The van der Waals surface area contributed by atoms with Gasteiger partial charge in [0.15, 0.2) is 5.78 Å². The van der Waals surface area contributed by atoms with Gasteiger partial charge in [0.25, 0.3) is 0 Å². The summed E-state index contributed by atoms with van der Waals surface area (Å²) in [5.74, 6) is -0.701. The lowest BCUT2D eigenvalue weighted by atomic mass is 10.00. The number of carbonyl (C=O) groups excluding carboxylic acids is 1. The molecule has 0 spiro atoms. The van der Waals surface area contributed by atoms with Gasteiger partial charge in [-0.3, -0.25) is 4.79 Å². The number of rotatable bonds is 3. The molecule has 76 valence electrons. The van der Waals surface area contributed by atoms with Crippen LogP contribution < -0.4 is 4.74 Å². The highest BCUT2D eigenvalue weighted by molar-refractivity contribution is 6.00. The standard InChI is InChI=1S/C11H13FO2/c1-7(2)11(13)10-8(12)5-4-6-9(10)14-3/h4-7H,1-3H3. The van der Waals surface area contributed by atoms with Crippen molar-refractivity contribution in [2.24, 2.45) is 5.92 Å². The van der Waals surface area contributed by atoms with Crippen LogP contribution in [0.1, 0.15) is 24.2 Å². The Morgan fingerprint density at radius 1 is 1.43 bits per heavy atom. The monoisotopic (exact) mass is 196 g/mol. The average Bonchev–Trinajstić information content (AvgIpc) is 2.16. The summed E-state index contributed by atoms with van der Waals surface area (Å²) in [6.07, 6.45) is 0. The molecule has 0 amide bonds. The van der Waals surface area contributed by atoms with Gasteiger partial charge in [0.2, 0.25) is 0 Å². The first-order chi connectivity index (χ1) is 6.57. The van der Waals surface area contributed by atoms with Gasteiger partial charge in [0.1, 0.15) is 11.6 Å². The molecule has 0 heterocycles. The van der Waals surface area contributed by atoms with Crippen molar-refractivity contribution in [3.8, 4) is 5.75 Å². The molecule has 0 aliphatic rings. The number of methoxy groups -OCH3 is 1.